The first-order valence-corrected chi connectivity index (χ1v) is 31.3. The van der Waals surface area contributed by atoms with Crippen molar-refractivity contribution in [1.29, 1.82) is 0 Å². The third-order valence-electron chi connectivity index (χ3n) is 22.5. The van der Waals surface area contributed by atoms with Crippen molar-refractivity contribution in [3.8, 4) is 0 Å². The fourth-order valence-electron chi connectivity index (χ4n) is 18.8. The number of Topliss-reactive ketones (excluding diaryl/α,β-unsaturated/α-hetero) is 1. The molecule has 8 rings (SSSR count). The van der Waals surface area contributed by atoms with E-state index < -0.39 is 0 Å². The van der Waals surface area contributed by atoms with Crippen LogP contribution in [-0.2, 0) is 4.79 Å². The molecule has 17 atom stereocenters. The Bertz CT molecular complexity index is 1690. The van der Waals surface area contributed by atoms with Gasteiger partial charge in [0.15, 0.2) is 0 Å². The van der Waals surface area contributed by atoms with Crippen molar-refractivity contribution >= 4 is 5.78 Å². The van der Waals surface area contributed by atoms with Crippen molar-refractivity contribution in [2.45, 2.75) is 284 Å². The van der Waals surface area contributed by atoms with E-state index in [4.69, 9.17) is 0 Å². The summed E-state index contributed by atoms with van der Waals surface area (Å²) >= 11 is 0. The molecule has 8 aliphatic rings. The Morgan fingerprint density at radius 1 is 0.586 bits per heavy atom. The molecule has 70 heavy (non-hydrogen) atoms. The molecule has 0 spiro atoms. The average molecular weight is 970 g/mol. The van der Waals surface area contributed by atoms with E-state index in [0.717, 1.165) is 89.4 Å². The van der Waals surface area contributed by atoms with Crippen molar-refractivity contribution in [2.24, 2.45) is 105 Å². The molecule has 0 heterocycles. The molecule has 0 amide bonds. The predicted molar refractivity (Wildman–Crippen MR) is 306 cm³/mol. The summed E-state index contributed by atoms with van der Waals surface area (Å²) < 4.78 is 0. The fourth-order valence-corrected chi connectivity index (χ4v) is 18.8. The molecule has 6 saturated carbocycles. The monoisotopic (exact) mass is 969 g/mol. The quantitative estimate of drug-likeness (QED) is 0.166. The maximum Gasteiger partial charge on any atom is 0.130 e. The molecule has 0 bridgehead atoms. The van der Waals surface area contributed by atoms with Crippen LogP contribution in [0.3, 0.4) is 0 Å². The highest BCUT2D eigenvalue weighted by Gasteiger charge is 2.61. The molecular formula is C68H120O2. The van der Waals surface area contributed by atoms with Gasteiger partial charge < -0.3 is 9.90 Å². The van der Waals surface area contributed by atoms with Crippen LogP contribution in [-0.4, -0.2) is 17.0 Å². The molecule has 404 valence electrons. The Hall–Kier alpha value is -1.15. The maximum atomic E-state index is 11.7. The van der Waals surface area contributed by atoms with Crippen LogP contribution in [0.4, 0.5) is 0 Å². The number of carbonyl (C=O) groups excluding carboxylic acids is 1. The van der Waals surface area contributed by atoms with Gasteiger partial charge in [0, 0.05) is 6.42 Å². The van der Waals surface area contributed by atoms with Crippen molar-refractivity contribution in [3.05, 3.63) is 35.5 Å². The van der Waals surface area contributed by atoms with E-state index in [0.29, 0.717) is 39.3 Å². The van der Waals surface area contributed by atoms with Gasteiger partial charge in [0.25, 0.3) is 0 Å². The molecule has 6 fully saturated rings. The molecular weight excluding hydrogens is 849 g/mol. The maximum absolute atomic E-state index is 11.7. The minimum absolute atomic E-state index is 0.315. The number of rotatable bonds is 15. The first-order chi connectivity index (χ1) is 33.0. The minimum atomic E-state index is -0.315. The largest absolute Gasteiger partial charge is 0.389 e. The molecule has 2 heteroatoms. The molecule has 0 saturated heterocycles. The van der Waals surface area contributed by atoms with E-state index in [9.17, 15) is 9.90 Å². The summed E-state index contributed by atoms with van der Waals surface area (Å²) in [6.45, 7) is 41.6. The third-order valence-corrected chi connectivity index (χ3v) is 22.5. The van der Waals surface area contributed by atoms with Gasteiger partial charge in [-0.2, -0.15) is 0 Å². The minimum Gasteiger partial charge on any atom is -0.389 e. The van der Waals surface area contributed by atoms with Gasteiger partial charge >= 0.3 is 0 Å². The van der Waals surface area contributed by atoms with Gasteiger partial charge in [0.05, 0.1) is 6.10 Å². The summed E-state index contributed by atoms with van der Waals surface area (Å²) in [4.78, 5) is 11.7. The lowest BCUT2D eigenvalue weighted by molar-refractivity contribution is -0.118. The number of aliphatic hydroxyl groups excluding tert-OH is 1. The lowest BCUT2D eigenvalue weighted by Gasteiger charge is -2.58. The highest BCUT2D eigenvalue weighted by Crippen LogP contribution is 2.69. The van der Waals surface area contributed by atoms with Crippen molar-refractivity contribution < 1.29 is 9.90 Å². The first kappa shape index (κ1) is 59.7. The molecule has 0 aromatic rings. The predicted octanol–water partition coefficient (Wildman–Crippen LogP) is 20.4. The molecule has 2 nitrogen and oxygen atoms in total. The zero-order valence-electron chi connectivity index (χ0n) is 49.8. The lowest BCUT2D eigenvalue weighted by atomic mass is 9.46. The van der Waals surface area contributed by atoms with Gasteiger partial charge in [-0.3, -0.25) is 0 Å². The summed E-state index contributed by atoms with van der Waals surface area (Å²) in [5.74, 6) is 12.6. The highest BCUT2D eigenvalue weighted by atomic mass is 16.3. The van der Waals surface area contributed by atoms with Crippen LogP contribution < -0.4 is 0 Å². The van der Waals surface area contributed by atoms with E-state index in [-0.39, 0.29) is 6.10 Å². The normalized spacial score (nSPS) is 39.5. The summed E-state index contributed by atoms with van der Waals surface area (Å²) in [6.07, 6.45) is 39.9. The van der Waals surface area contributed by atoms with E-state index >= 15 is 0 Å². The number of aliphatic hydroxyl groups is 1. The van der Waals surface area contributed by atoms with E-state index in [1.165, 1.54) is 154 Å². The number of hydrogen-bond donors (Lipinski definition) is 1. The third kappa shape index (κ3) is 13.4. The molecule has 0 aromatic heterocycles. The Kier molecular flexibility index (Phi) is 22.2. The number of carbonyl (C=O) groups is 1. The van der Waals surface area contributed by atoms with Crippen LogP contribution in [0.2, 0.25) is 0 Å². The van der Waals surface area contributed by atoms with Crippen molar-refractivity contribution in [3.63, 3.8) is 0 Å². The summed E-state index contributed by atoms with van der Waals surface area (Å²) in [5, 5.41) is 10.4. The molecule has 0 aromatic carbocycles. The lowest BCUT2D eigenvalue weighted by Crippen LogP contribution is -2.50. The van der Waals surface area contributed by atoms with Gasteiger partial charge in [0.2, 0.25) is 0 Å². The SMILES string of the molecule is C=C(C)C(O)CC1CCC2(C)C(=CCC3C2CCC2(C)C(C(C)CCCC(C)C)CCC32)C1.CC(=O)CC1CCC2(C)C(=CCC3C2CCC2(C)C(C(C)CCCC(C)C)CCC32)C1.CCC.CCC. The van der Waals surface area contributed by atoms with Crippen LogP contribution in [0.1, 0.15) is 278 Å². The van der Waals surface area contributed by atoms with Gasteiger partial charge in [-0.1, -0.05) is 184 Å². The first-order valence-electron chi connectivity index (χ1n) is 31.3. The van der Waals surface area contributed by atoms with Crippen LogP contribution in [0.5, 0.6) is 0 Å². The molecule has 0 aliphatic heterocycles. The summed E-state index contributed by atoms with van der Waals surface area (Å²) in [5.41, 5.74) is 6.46. The van der Waals surface area contributed by atoms with Crippen LogP contribution in [0.25, 0.3) is 0 Å². The number of hydrogen-bond acceptors (Lipinski definition) is 2. The molecule has 17 unspecified atom stereocenters. The second-order valence-corrected chi connectivity index (χ2v) is 28.7. The summed E-state index contributed by atoms with van der Waals surface area (Å²) in [7, 11) is 0. The van der Waals surface area contributed by atoms with Crippen LogP contribution >= 0.6 is 0 Å². The Balaban J connectivity index is 0.000000235. The Morgan fingerprint density at radius 3 is 1.37 bits per heavy atom. The number of fused-ring (bicyclic) bond motifs is 10. The van der Waals surface area contributed by atoms with Crippen molar-refractivity contribution in [2.75, 3.05) is 0 Å². The smallest absolute Gasteiger partial charge is 0.130 e. The number of allylic oxidation sites excluding steroid dienone is 4. The summed E-state index contributed by atoms with van der Waals surface area (Å²) in [6, 6.07) is 0. The van der Waals surface area contributed by atoms with Gasteiger partial charge in [-0.15, -0.1) is 0 Å². The topological polar surface area (TPSA) is 37.3 Å². The molecule has 0 radical (unpaired) electrons. The zero-order chi connectivity index (χ0) is 51.8. The van der Waals surface area contributed by atoms with Gasteiger partial charge in [-0.05, 0) is 228 Å². The van der Waals surface area contributed by atoms with Crippen LogP contribution in [0.15, 0.2) is 35.5 Å². The highest BCUT2D eigenvalue weighted by molar-refractivity contribution is 5.75. The fraction of sp³-hybridized carbons (Fsp3) is 0.897. The van der Waals surface area contributed by atoms with E-state index in [2.05, 4.69) is 116 Å². The number of ketones is 1. The zero-order valence-corrected chi connectivity index (χ0v) is 49.8. The Morgan fingerprint density at radius 2 is 0.986 bits per heavy atom. The molecule has 1 N–H and O–H groups in total. The second kappa shape index (κ2) is 26.1. The van der Waals surface area contributed by atoms with Crippen LogP contribution in [0, 0.1) is 105 Å². The standard InChI is InChI=1S/C32H54O.C30H50O.2C3H8/c1-21(2)9-8-10-23(5)27-13-14-28-26-12-11-25-19-24(20-30(33)22(3)4)15-17-31(25,6)29(26)16-18-32(27,28)7;1-20(2)8-7-9-21(3)26-12-13-27-25-11-10-24-19-23(18-22(4)31)14-16-29(24,5)28(25)15-17-30(26,27)6;2*1-3-2/h11,21,23-24,26-30,33H,3,8-10,12-20H2,1-2,4-7H3;10,20-21,23,25-28H,7-9,11-19H2,1-6H3;2*3H2,1-2H3. The second-order valence-electron chi connectivity index (χ2n) is 28.7. The van der Waals surface area contributed by atoms with Gasteiger partial charge in [-0.25, -0.2) is 0 Å². The van der Waals surface area contributed by atoms with E-state index in [1.807, 2.05) is 6.92 Å². The Labute approximate surface area is 437 Å². The van der Waals surface area contributed by atoms with E-state index in [1.54, 1.807) is 18.1 Å². The van der Waals surface area contributed by atoms with Crippen molar-refractivity contribution in [1.82, 2.24) is 0 Å². The van der Waals surface area contributed by atoms with Gasteiger partial charge in [0.1, 0.15) is 5.78 Å². The molecule has 8 aliphatic carbocycles. The average Bonchev–Trinajstić information content (AvgIpc) is 3.84.